The van der Waals surface area contributed by atoms with E-state index in [4.69, 9.17) is 29.0 Å². The van der Waals surface area contributed by atoms with E-state index in [1.165, 1.54) is 0 Å². The number of hydrazine groups is 1. The van der Waals surface area contributed by atoms with Gasteiger partial charge in [-0.1, -0.05) is 63.5 Å². The average Bonchev–Trinajstić information content (AvgIpc) is 3.49. The molecule has 13 heteroatoms. The molecule has 1 heterocycles. The van der Waals surface area contributed by atoms with E-state index in [1.54, 1.807) is 62.8 Å². The lowest BCUT2D eigenvalue weighted by Gasteiger charge is -2.31. The molecule has 1 aliphatic rings. The number of carbonyl (C=O) groups excluding carboxylic acids is 1. The highest BCUT2D eigenvalue weighted by Gasteiger charge is 2.54. The molecule has 0 aromatic heterocycles. The monoisotopic (exact) mass is 714 g/mol. The first-order chi connectivity index (χ1) is 23.4. The number of carbonyl (C=O) groups is 1. The first kappa shape index (κ1) is 34.3. The molecule has 0 bridgehead atoms. The summed E-state index contributed by atoms with van der Waals surface area (Å²) < 4.78 is 23.8. The summed E-state index contributed by atoms with van der Waals surface area (Å²) in [4.78, 5) is 22.6. The molecule has 12 nitrogen and oxygen atoms in total. The molecular weight excluding hydrogens is 680 g/mol. The third-order valence-corrected chi connectivity index (χ3v) is 8.45. The fourth-order valence-electron chi connectivity index (χ4n) is 5.35. The van der Waals surface area contributed by atoms with Crippen molar-refractivity contribution in [1.29, 1.82) is 0 Å². The van der Waals surface area contributed by atoms with Crippen LogP contribution in [-0.4, -0.2) is 49.9 Å². The highest BCUT2D eigenvalue weighted by atomic mass is 79.9. The number of rotatable bonds is 15. The van der Waals surface area contributed by atoms with E-state index in [-0.39, 0.29) is 25.5 Å². The molecule has 1 amide bonds. The Balaban J connectivity index is 1.56. The molecule has 5 rings (SSSR count). The molecule has 0 saturated carbocycles. The molecule has 1 aliphatic heterocycles. The molecule has 48 heavy (non-hydrogen) atoms. The minimum atomic E-state index is -1.56. The number of hydrogen-bond acceptors (Lipinski definition) is 9. The third-order valence-electron chi connectivity index (χ3n) is 7.73. The second-order valence-electron chi connectivity index (χ2n) is 10.8. The first-order valence-corrected chi connectivity index (χ1v) is 15.9. The fraction of sp³-hybridized carbons (Fsp3) is 0.257. The Kier molecular flexibility index (Phi) is 11.5. The molecule has 0 saturated heterocycles. The Labute approximate surface area is 286 Å². The van der Waals surface area contributed by atoms with Crippen LogP contribution in [0, 0.1) is 0 Å². The van der Waals surface area contributed by atoms with Gasteiger partial charge in [-0.05, 0) is 59.1 Å². The lowest BCUT2D eigenvalue weighted by atomic mass is 9.81. The molecule has 0 aliphatic carbocycles. The van der Waals surface area contributed by atoms with Crippen molar-refractivity contribution in [3.8, 4) is 17.2 Å². The predicted molar refractivity (Wildman–Crippen MR) is 184 cm³/mol. The molecule has 0 radical (unpaired) electrons. The second-order valence-corrected chi connectivity index (χ2v) is 11.7. The average molecular weight is 716 g/mol. The summed E-state index contributed by atoms with van der Waals surface area (Å²) >= 11 is 3.66. The standard InChI is InChI=1S/C35H35BrN6O6/c1-45-27-18-23(19-28(20-27)46-2)22-38-41-34(44)35(21-25-8-3-6-11-31(25)40-42-37)32(29-9-4-5-10-30(29)36)48-33(39-35)24-12-14-26(15-13-24)47-17-7-16-43/h3-6,8-15,18-20,32,38,43H,7,16-17,21-22H2,1-2H3,(H,41,44)/t32-,35-/m0/s1. The van der Waals surface area contributed by atoms with Crippen molar-refractivity contribution in [1.82, 2.24) is 10.9 Å². The van der Waals surface area contributed by atoms with Crippen LogP contribution in [0.4, 0.5) is 5.69 Å². The van der Waals surface area contributed by atoms with Gasteiger partial charge >= 0.3 is 0 Å². The zero-order valence-electron chi connectivity index (χ0n) is 26.4. The summed E-state index contributed by atoms with van der Waals surface area (Å²) in [7, 11) is 3.14. The number of nitrogens with one attached hydrogen (secondary N) is 2. The van der Waals surface area contributed by atoms with Crippen LogP contribution in [0.25, 0.3) is 10.4 Å². The summed E-state index contributed by atoms with van der Waals surface area (Å²) in [5, 5.41) is 13.0. The van der Waals surface area contributed by atoms with Crippen molar-refractivity contribution >= 4 is 33.4 Å². The molecule has 0 fully saturated rings. The lowest BCUT2D eigenvalue weighted by Crippen LogP contribution is -2.53. The van der Waals surface area contributed by atoms with Crippen LogP contribution in [0.3, 0.4) is 0 Å². The lowest BCUT2D eigenvalue weighted by molar-refractivity contribution is -0.130. The van der Waals surface area contributed by atoms with Crippen molar-refractivity contribution in [3.05, 3.63) is 128 Å². The number of azide groups is 1. The molecule has 4 aromatic carbocycles. The molecule has 0 spiro atoms. The Morgan fingerprint density at radius 2 is 1.73 bits per heavy atom. The van der Waals surface area contributed by atoms with Gasteiger partial charge in [-0.15, -0.1) is 0 Å². The fourth-order valence-corrected chi connectivity index (χ4v) is 5.84. The van der Waals surface area contributed by atoms with Gasteiger partial charge in [0, 0.05) is 58.3 Å². The number of ether oxygens (including phenoxy) is 4. The molecule has 248 valence electrons. The molecule has 4 aromatic rings. The van der Waals surface area contributed by atoms with Gasteiger partial charge in [0.2, 0.25) is 5.90 Å². The zero-order chi connectivity index (χ0) is 33.9. The van der Waals surface area contributed by atoms with E-state index >= 15 is 0 Å². The van der Waals surface area contributed by atoms with Gasteiger partial charge in [-0.2, -0.15) is 0 Å². The van der Waals surface area contributed by atoms with Crippen molar-refractivity contribution in [2.24, 2.45) is 10.1 Å². The van der Waals surface area contributed by atoms with E-state index in [9.17, 15) is 10.3 Å². The van der Waals surface area contributed by atoms with Gasteiger partial charge in [0.05, 0.1) is 20.8 Å². The van der Waals surface area contributed by atoms with E-state index in [0.717, 1.165) is 10.0 Å². The minimum absolute atomic E-state index is 0.0364. The third kappa shape index (κ3) is 7.89. The number of methoxy groups -OCH3 is 2. The highest BCUT2D eigenvalue weighted by Crippen LogP contribution is 2.45. The number of benzene rings is 4. The number of aliphatic hydroxyl groups is 1. The predicted octanol–water partition coefficient (Wildman–Crippen LogP) is 6.49. The van der Waals surface area contributed by atoms with E-state index in [2.05, 4.69) is 36.8 Å². The largest absolute Gasteiger partial charge is 0.497 e. The Morgan fingerprint density at radius 1 is 1.02 bits per heavy atom. The summed E-state index contributed by atoms with van der Waals surface area (Å²) in [6.45, 7) is 0.662. The molecule has 3 N–H and O–H groups in total. The van der Waals surface area contributed by atoms with E-state index < -0.39 is 17.6 Å². The van der Waals surface area contributed by atoms with Crippen molar-refractivity contribution in [3.63, 3.8) is 0 Å². The van der Waals surface area contributed by atoms with Crippen LogP contribution in [0.1, 0.15) is 34.8 Å². The Morgan fingerprint density at radius 3 is 2.42 bits per heavy atom. The maximum absolute atomic E-state index is 14.6. The number of nitrogens with zero attached hydrogens (tertiary/aromatic N) is 4. The Bertz CT molecular complexity index is 1790. The van der Waals surface area contributed by atoms with Crippen LogP contribution in [0.15, 0.2) is 106 Å². The van der Waals surface area contributed by atoms with Gasteiger partial charge in [0.25, 0.3) is 5.91 Å². The van der Waals surface area contributed by atoms with Crippen LogP contribution in [0.2, 0.25) is 0 Å². The summed E-state index contributed by atoms with van der Waals surface area (Å²) in [5.74, 6) is 1.64. The topological polar surface area (TPSA) is 159 Å². The Hall–Kier alpha value is -5.07. The maximum atomic E-state index is 14.6. The quantitative estimate of drug-likeness (QED) is 0.0417. The number of halogens is 1. The summed E-state index contributed by atoms with van der Waals surface area (Å²) in [6, 6.07) is 27.2. The number of aliphatic hydroxyl groups excluding tert-OH is 1. The summed E-state index contributed by atoms with van der Waals surface area (Å²) in [5.41, 5.74) is 16.8. The van der Waals surface area contributed by atoms with E-state index in [0.29, 0.717) is 52.7 Å². The number of aliphatic imine (C=N–C) groups is 1. The number of amides is 1. The molecular formula is C35H35BrN6O6. The van der Waals surface area contributed by atoms with Crippen LogP contribution in [-0.2, 0) is 22.5 Å². The van der Waals surface area contributed by atoms with Crippen LogP contribution in [0.5, 0.6) is 17.2 Å². The normalized spacial score (nSPS) is 16.7. The van der Waals surface area contributed by atoms with Gasteiger partial charge in [-0.25, -0.2) is 10.4 Å². The van der Waals surface area contributed by atoms with Crippen LogP contribution < -0.4 is 25.1 Å². The second kappa shape index (κ2) is 16.2. The minimum Gasteiger partial charge on any atom is -0.497 e. The van der Waals surface area contributed by atoms with Crippen molar-refractivity contribution in [2.75, 3.05) is 27.4 Å². The SMILES string of the molecule is COc1cc(CNNC(=O)[C@@]2(Cc3ccccc3N=[N+]=[N-])N=C(c3ccc(OCCCO)cc3)O[C@H]2c2ccccc2Br)cc(OC)c1. The molecule has 2 atom stereocenters. The maximum Gasteiger partial charge on any atom is 0.266 e. The highest BCUT2D eigenvalue weighted by molar-refractivity contribution is 9.10. The van der Waals surface area contributed by atoms with Gasteiger partial charge in [0.15, 0.2) is 11.6 Å². The van der Waals surface area contributed by atoms with Crippen molar-refractivity contribution < 1.29 is 28.8 Å². The van der Waals surface area contributed by atoms with Crippen LogP contribution >= 0.6 is 15.9 Å². The van der Waals surface area contributed by atoms with Gasteiger partial charge in [0.1, 0.15) is 17.2 Å². The van der Waals surface area contributed by atoms with E-state index in [1.807, 2.05) is 42.5 Å². The molecule has 0 unspecified atom stereocenters. The number of hydrogen-bond donors (Lipinski definition) is 3. The van der Waals surface area contributed by atoms with Crippen molar-refractivity contribution in [2.45, 2.75) is 31.0 Å². The zero-order valence-corrected chi connectivity index (χ0v) is 28.0. The van der Waals surface area contributed by atoms with Gasteiger partial charge < -0.3 is 24.1 Å². The smallest absolute Gasteiger partial charge is 0.266 e. The first-order valence-electron chi connectivity index (χ1n) is 15.1. The summed E-state index contributed by atoms with van der Waals surface area (Å²) in [6.07, 6.45) is -0.332. The van der Waals surface area contributed by atoms with Gasteiger partial charge in [-0.3, -0.25) is 10.2 Å².